The van der Waals surface area contributed by atoms with E-state index in [1.165, 1.54) is 83.4 Å². The van der Waals surface area contributed by atoms with E-state index < -0.39 is 0 Å². The van der Waals surface area contributed by atoms with Gasteiger partial charge in [-0.15, -0.1) is 10.2 Å². The second-order valence-electron chi connectivity index (χ2n) is 5.27. The van der Waals surface area contributed by atoms with Crippen molar-refractivity contribution >= 4 is 46.4 Å². The molecule has 0 fully saturated rings. The van der Waals surface area contributed by atoms with Crippen LogP contribution in [0, 0.1) is 11.6 Å². The van der Waals surface area contributed by atoms with Gasteiger partial charge in [-0.25, -0.2) is 8.78 Å². The predicted octanol–water partition coefficient (Wildman–Crippen LogP) is 4.77. The van der Waals surface area contributed by atoms with Gasteiger partial charge in [-0.1, -0.05) is 34.9 Å². The van der Waals surface area contributed by atoms with Crippen LogP contribution in [-0.2, 0) is 0 Å². The molecule has 1 heterocycles. The van der Waals surface area contributed by atoms with Crippen molar-refractivity contribution in [2.45, 2.75) is 8.68 Å². The number of nitrogens with zero attached hydrogens (tertiary/aromatic N) is 2. The first-order valence-corrected chi connectivity index (χ1v) is 10.5. The molecule has 4 nitrogen and oxygen atoms in total. The minimum Gasteiger partial charge on any atom is -0.293 e. The number of hydrogen-bond donors (Lipinski definition) is 0. The summed E-state index contributed by atoms with van der Waals surface area (Å²) in [6.07, 6.45) is 0. The summed E-state index contributed by atoms with van der Waals surface area (Å²) in [4.78, 5) is 24.1. The first-order chi connectivity index (χ1) is 13.0. The van der Waals surface area contributed by atoms with Crippen molar-refractivity contribution in [3.8, 4) is 0 Å². The zero-order chi connectivity index (χ0) is 19.2. The molecule has 138 valence electrons. The van der Waals surface area contributed by atoms with E-state index in [-0.39, 0.29) is 34.7 Å². The Labute approximate surface area is 166 Å². The minimum atomic E-state index is -0.389. The lowest BCUT2D eigenvalue weighted by atomic mass is 10.1. The fraction of sp³-hybridized carbons (Fsp3) is 0.111. The van der Waals surface area contributed by atoms with Gasteiger partial charge < -0.3 is 0 Å². The molecule has 0 unspecified atom stereocenters. The molecule has 2 aromatic carbocycles. The maximum atomic E-state index is 12.9. The van der Waals surface area contributed by atoms with Gasteiger partial charge >= 0.3 is 0 Å². The lowest BCUT2D eigenvalue weighted by Crippen LogP contribution is -2.02. The monoisotopic (exact) mass is 422 g/mol. The van der Waals surface area contributed by atoms with E-state index in [1.807, 2.05) is 0 Å². The van der Waals surface area contributed by atoms with Crippen molar-refractivity contribution in [1.29, 1.82) is 0 Å². The predicted molar refractivity (Wildman–Crippen MR) is 103 cm³/mol. The summed E-state index contributed by atoms with van der Waals surface area (Å²) < 4.78 is 27.0. The molecule has 9 heteroatoms. The molecule has 0 amide bonds. The van der Waals surface area contributed by atoms with Gasteiger partial charge in [0.1, 0.15) is 11.6 Å². The van der Waals surface area contributed by atoms with Crippen LogP contribution < -0.4 is 0 Å². The number of halogens is 2. The molecule has 0 saturated heterocycles. The third-order valence-electron chi connectivity index (χ3n) is 3.37. The number of carbonyl (C=O) groups excluding carboxylic acids is 2. The van der Waals surface area contributed by atoms with Crippen LogP contribution in [0.3, 0.4) is 0 Å². The Morgan fingerprint density at radius 2 is 1.11 bits per heavy atom. The molecule has 3 rings (SSSR count). The van der Waals surface area contributed by atoms with Crippen LogP contribution in [0.15, 0.2) is 57.2 Å². The number of Topliss-reactive ketones (excluding diaryl/α,β-unsaturated/α-hetero) is 2. The average molecular weight is 423 g/mol. The summed E-state index contributed by atoms with van der Waals surface area (Å²) in [5, 5.41) is 7.99. The van der Waals surface area contributed by atoms with Crippen molar-refractivity contribution in [3.63, 3.8) is 0 Å². The van der Waals surface area contributed by atoms with E-state index >= 15 is 0 Å². The van der Waals surface area contributed by atoms with Gasteiger partial charge in [0.25, 0.3) is 0 Å². The fourth-order valence-electron chi connectivity index (χ4n) is 2.01. The van der Waals surface area contributed by atoms with Crippen LogP contribution in [0.2, 0.25) is 0 Å². The summed E-state index contributed by atoms with van der Waals surface area (Å²) in [7, 11) is 0. The van der Waals surface area contributed by atoms with Gasteiger partial charge in [0.05, 0.1) is 11.5 Å². The average Bonchev–Trinajstić information content (AvgIpc) is 3.13. The highest BCUT2D eigenvalue weighted by molar-refractivity contribution is 8.03. The van der Waals surface area contributed by atoms with E-state index in [1.54, 1.807) is 0 Å². The minimum absolute atomic E-state index is 0.129. The Balaban J connectivity index is 1.49. The molecular formula is C18H12F2N2O2S3. The molecule has 1 aromatic heterocycles. The van der Waals surface area contributed by atoms with Crippen LogP contribution in [0.5, 0.6) is 0 Å². The molecule has 27 heavy (non-hydrogen) atoms. The molecule has 0 aliphatic carbocycles. The van der Waals surface area contributed by atoms with E-state index in [2.05, 4.69) is 10.2 Å². The van der Waals surface area contributed by atoms with Gasteiger partial charge in [0.15, 0.2) is 20.2 Å². The summed E-state index contributed by atoms with van der Waals surface area (Å²) in [5.74, 6) is -0.703. The van der Waals surface area contributed by atoms with Crippen LogP contribution in [0.4, 0.5) is 8.78 Å². The third-order valence-corrected chi connectivity index (χ3v) is 6.56. The molecular weight excluding hydrogens is 410 g/mol. The van der Waals surface area contributed by atoms with Crippen LogP contribution in [-0.4, -0.2) is 33.3 Å². The molecule has 0 aliphatic heterocycles. The number of thioether (sulfide) groups is 2. The second-order valence-corrected chi connectivity index (χ2v) is 8.69. The standard InChI is InChI=1S/C18H12F2N2O2S3/c19-13-5-1-11(2-6-13)15(23)9-25-17-21-22-18(27-17)26-10-16(24)12-3-7-14(20)8-4-12/h1-8H,9-10H2. The largest absolute Gasteiger partial charge is 0.293 e. The Kier molecular flexibility index (Phi) is 6.70. The van der Waals surface area contributed by atoms with Gasteiger partial charge in [-0.2, -0.15) is 0 Å². The highest BCUT2D eigenvalue weighted by atomic mass is 32.2. The topological polar surface area (TPSA) is 59.9 Å². The molecule has 0 spiro atoms. The van der Waals surface area contributed by atoms with Crippen molar-refractivity contribution in [1.82, 2.24) is 10.2 Å². The van der Waals surface area contributed by atoms with Crippen LogP contribution in [0.25, 0.3) is 0 Å². The Morgan fingerprint density at radius 3 is 1.48 bits per heavy atom. The van der Waals surface area contributed by atoms with E-state index in [0.717, 1.165) is 0 Å². The first-order valence-electron chi connectivity index (χ1n) is 7.68. The number of benzene rings is 2. The SMILES string of the molecule is O=C(CSc1nnc(SCC(=O)c2ccc(F)cc2)s1)c1ccc(F)cc1. The fourth-order valence-corrected chi connectivity index (χ4v) is 4.82. The molecule has 0 saturated carbocycles. The smallest absolute Gasteiger partial charge is 0.175 e. The normalized spacial score (nSPS) is 10.7. The van der Waals surface area contributed by atoms with E-state index in [4.69, 9.17) is 0 Å². The summed E-state index contributed by atoms with van der Waals surface area (Å²) in [6, 6.07) is 10.8. The summed E-state index contributed by atoms with van der Waals surface area (Å²) in [6.45, 7) is 0. The summed E-state index contributed by atoms with van der Waals surface area (Å²) in [5.41, 5.74) is 0.876. The molecule has 0 aliphatic rings. The maximum absolute atomic E-state index is 12.9. The van der Waals surface area contributed by atoms with Crippen LogP contribution in [0.1, 0.15) is 20.7 Å². The Hall–Kier alpha value is -2.10. The van der Waals surface area contributed by atoms with Gasteiger partial charge in [-0.05, 0) is 48.5 Å². The Morgan fingerprint density at radius 1 is 0.741 bits per heavy atom. The number of aromatic nitrogens is 2. The van der Waals surface area contributed by atoms with Crippen molar-refractivity contribution < 1.29 is 18.4 Å². The van der Waals surface area contributed by atoms with Crippen molar-refractivity contribution in [2.75, 3.05) is 11.5 Å². The van der Waals surface area contributed by atoms with Crippen molar-refractivity contribution in [2.24, 2.45) is 0 Å². The van der Waals surface area contributed by atoms with Gasteiger partial charge in [-0.3, -0.25) is 9.59 Å². The number of rotatable bonds is 8. The second kappa shape index (κ2) is 9.20. The zero-order valence-electron chi connectivity index (χ0n) is 13.7. The molecule has 0 atom stereocenters. The number of carbonyl (C=O) groups is 2. The quantitative estimate of drug-likeness (QED) is 0.385. The van der Waals surface area contributed by atoms with Gasteiger partial charge in [0.2, 0.25) is 0 Å². The number of hydrogen-bond acceptors (Lipinski definition) is 7. The molecule has 0 bridgehead atoms. The van der Waals surface area contributed by atoms with Crippen LogP contribution >= 0.6 is 34.9 Å². The van der Waals surface area contributed by atoms with E-state index in [9.17, 15) is 18.4 Å². The van der Waals surface area contributed by atoms with Gasteiger partial charge in [0, 0.05) is 11.1 Å². The molecule has 0 radical (unpaired) electrons. The zero-order valence-corrected chi connectivity index (χ0v) is 16.2. The lowest BCUT2D eigenvalue weighted by Gasteiger charge is -1.99. The molecule has 3 aromatic rings. The first kappa shape index (κ1) is 19.7. The Bertz CT molecular complexity index is 868. The van der Waals surface area contributed by atoms with E-state index in [0.29, 0.717) is 19.8 Å². The van der Waals surface area contributed by atoms with Crippen molar-refractivity contribution in [3.05, 3.63) is 71.3 Å². The highest BCUT2D eigenvalue weighted by Gasteiger charge is 2.12. The third kappa shape index (κ3) is 5.69. The maximum Gasteiger partial charge on any atom is 0.175 e. The number of ketones is 2. The summed E-state index contributed by atoms with van der Waals surface area (Å²) >= 11 is 3.78. The molecule has 0 N–H and O–H groups in total. The lowest BCUT2D eigenvalue weighted by molar-refractivity contribution is 0.101. The highest BCUT2D eigenvalue weighted by Crippen LogP contribution is 2.29.